The third kappa shape index (κ3) is 22.9. The lowest BCUT2D eigenvalue weighted by Crippen LogP contribution is -2.61. The molecule has 378 valence electrons. The van der Waals surface area contributed by atoms with Crippen LogP contribution in [0.2, 0.25) is 0 Å². The SMILES string of the molecule is CC(=CC(=O)N(O)CCCC1NC(=O)CNC(=O)C(CO)NC(=O)C(CO)NC(=O)C(CCCN(O)C(=O)C=C(C)CCO)NC(=O)C(CCCN(O)C(=O)C=C(C)CCO)NC1=O)CCO. The van der Waals surface area contributed by atoms with Gasteiger partial charge in [-0.25, -0.2) is 15.2 Å². The molecule has 0 bridgehead atoms. The van der Waals surface area contributed by atoms with E-state index in [0.717, 1.165) is 18.2 Å². The highest BCUT2D eigenvalue weighted by molar-refractivity contribution is 5.97. The Bertz CT molecular complexity index is 1790. The monoisotopic (exact) mass is 957 g/mol. The maximum absolute atomic E-state index is 14.1. The van der Waals surface area contributed by atoms with Crippen LogP contribution >= 0.6 is 0 Å². The van der Waals surface area contributed by atoms with Crippen molar-refractivity contribution in [3.63, 3.8) is 0 Å². The number of nitrogens with zero attached hydrogens (tertiary/aromatic N) is 3. The molecule has 26 nitrogen and oxygen atoms in total. The summed E-state index contributed by atoms with van der Waals surface area (Å²) >= 11 is 0. The quantitative estimate of drug-likeness (QED) is 0.0261. The van der Waals surface area contributed by atoms with E-state index in [0.29, 0.717) is 31.9 Å². The average molecular weight is 958 g/mol. The van der Waals surface area contributed by atoms with E-state index in [4.69, 9.17) is 15.3 Å². The molecular weight excluding hydrogens is 890 g/mol. The van der Waals surface area contributed by atoms with E-state index >= 15 is 0 Å². The van der Waals surface area contributed by atoms with Crippen molar-refractivity contribution >= 4 is 53.2 Å². The first-order chi connectivity index (χ1) is 31.7. The van der Waals surface area contributed by atoms with Gasteiger partial charge in [0.05, 0.1) is 19.8 Å². The Labute approximate surface area is 387 Å². The van der Waals surface area contributed by atoms with Gasteiger partial charge in [0, 0.05) is 57.7 Å². The van der Waals surface area contributed by atoms with E-state index in [1.807, 2.05) is 0 Å². The van der Waals surface area contributed by atoms with Crippen LogP contribution in [-0.4, -0.2) is 199 Å². The van der Waals surface area contributed by atoms with Crippen molar-refractivity contribution in [3.05, 3.63) is 34.9 Å². The lowest BCUT2D eigenvalue weighted by Gasteiger charge is -2.28. The maximum atomic E-state index is 14.1. The van der Waals surface area contributed by atoms with Crippen molar-refractivity contribution in [2.45, 2.75) is 109 Å². The van der Waals surface area contributed by atoms with Gasteiger partial charge < -0.3 is 57.4 Å². The molecule has 0 saturated carbocycles. The fourth-order valence-corrected chi connectivity index (χ4v) is 6.09. The van der Waals surface area contributed by atoms with Crippen molar-refractivity contribution < 1.29 is 84.3 Å². The second kappa shape index (κ2) is 31.9. The summed E-state index contributed by atoms with van der Waals surface area (Å²) in [6, 6.07) is -8.34. The Morgan fingerprint density at radius 3 is 1.07 bits per heavy atom. The second-order valence-electron chi connectivity index (χ2n) is 15.7. The van der Waals surface area contributed by atoms with Gasteiger partial charge in [0.2, 0.25) is 35.4 Å². The Morgan fingerprint density at radius 1 is 0.478 bits per heavy atom. The van der Waals surface area contributed by atoms with Gasteiger partial charge in [-0.15, -0.1) is 0 Å². The molecule has 1 rings (SSSR count). The standard InChI is InChI=1S/C41H67N9O17/c1-25(10-16-51)19-34(57)48(65)13-4-7-28-38(61)44-29(8-5-14-49(66)35(58)20-26(2)11-17-52)39(62)45-30(9-6-15-50(67)36(59)21-27(3)12-18-53)40(63)47-32(24-55)41(64)46-31(23-54)37(60)42-22-33(56)43-28/h19-21,28-32,51-55,65-67H,4-18,22-24H2,1-3H3,(H,42,60)(H,43,56)(H,44,61)(H,45,62)(H,46,64)(H,47,63). The fraction of sp³-hybridized carbons (Fsp3) is 0.634. The summed E-state index contributed by atoms with van der Waals surface area (Å²) in [5.74, 6) is -9.06. The second-order valence-corrected chi connectivity index (χ2v) is 15.7. The normalized spacial score (nSPS) is 20.8. The summed E-state index contributed by atoms with van der Waals surface area (Å²) in [6.07, 6.45) is 2.08. The average Bonchev–Trinajstić information content (AvgIpc) is 3.27. The molecule has 1 aliphatic heterocycles. The number of aliphatic hydroxyl groups is 5. The van der Waals surface area contributed by atoms with Crippen molar-refractivity contribution in [2.24, 2.45) is 0 Å². The number of nitrogens with one attached hydrogen (secondary N) is 6. The number of hydroxylamine groups is 6. The predicted molar refractivity (Wildman–Crippen MR) is 231 cm³/mol. The minimum absolute atomic E-state index is 0.140. The molecule has 0 aromatic carbocycles. The lowest BCUT2D eigenvalue weighted by molar-refractivity contribution is -0.160. The summed E-state index contributed by atoms with van der Waals surface area (Å²) < 4.78 is 0. The molecule has 1 aliphatic rings. The van der Waals surface area contributed by atoms with E-state index in [1.54, 1.807) is 20.8 Å². The fourth-order valence-electron chi connectivity index (χ4n) is 6.09. The minimum atomic E-state index is -1.79. The number of hydrogen-bond acceptors (Lipinski definition) is 17. The molecule has 1 heterocycles. The molecule has 26 heteroatoms. The van der Waals surface area contributed by atoms with E-state index in [9.17, 15) is 69.0 Å². The summed E-state index contributed by atoms with van der Waals surface area (Å²) in [5, 5.41) is 93.2. The minimum Gasteiger partial charge on any atom is -0.396 e. The van der Waals surface area contributed by atoms with E-state index < -0.39 is 116 Å². The van der Waals surface area contributed by atoms with Crippen molar-refractivity contribution in [2.75, 3.05) is 59.2 Å². The molecule has 1 saturated heterocycles. The van der Waals surface area contributed by atoms with Crippen LogP contribution in [0, 0.1) is 0 Å². The first-order valence-electron chi connectivity index (χ1n) is 21.6. The highest BCUT2D eigenvalue weighted by Gasteiger charge is 2.33. The number of hydrogen-bond donors (Lipinski definition) is 14. The van der Waals surface area contributed by atoms with Gasteiger partial charge in [0.1, 0.15) is 30.2 Å². The number of aliphatic hydroxyl groups excluding tert-OH is 5. The molecule has 0 radical (unpaired) electrons. The smallest absolute Gasteiger partial charge is 0.269 e. The highest BCUT2D eigenvalue weighted by atomic mass is 16.5. The third-order valence-electron chi connectivity index (χ3n) is 9.95. The number of rotatable bonds is 23. The number of amides is 9. The molecule has 0 aliphatic carbocycles. The Kier molecular flexibility index (Phi) is 28.2. The summed E-state index contributed by atoms with van der Waals surface area (Å²) in [5.41, 5.74) is 1.34. The first-order valence-corrected chi connectivity index (χ1v) is 21.6. The van der Waals surface area contributed by atoms with Gasteiger partial charge in [0.25, 0.3) is 17.7 Å². The highest BCUT2D eigenvalue weighted by Crippen LogP contribution is 2.10. The van der Waals surface area contributed by atoms with Crippen LogP contribution in [0.15, 0.2) is 34.9 Å². The molecule has 5 atom stereocenters. The summed E-state index contributed by atoms with van der Waals surface area (Å²) in [4.78, 5) is 119. The van der Waals surface area contributed by atoms with Crippen LogP contribution < -0.4 is 31.9 Å². The molecule has 5 unspecified atom stereocenters. The van der Waals surface area contributed by atoms with Crippen LogP contribution in [0.3, 0.4) is 0 Å². The molecule has 9 amide bonds. The summed E-state index contributed by atoms with van der Waals surface area (Å²) in [7, 11) is 0. The van der Waals surface area contributed by atoms with Crippen LogP contribution in [0.1, 0.15) is 78.6 Å². The Balaban J connectivity index is 3.69. The van der Waals surface area contributed by atoms with Crippen LogP contribution in [0.5, 0.6) is 0 Å². The van der Waals surface area contributed by atoms with Gasteiger partial charge in [-0.2, -0.15) is 0 Å². The van der Waals surface area contributed by atoms with E-state index in [1.165, 1.54) is 0 Å². The van der Waals surface area contributed by atoms with Crippen LogP contribution in [0.4, 0.5) is 0 Å². The van der Waals surface area contributed by atoms with Crippen molar-refractivity contribution in [1.29, 1.82) is 0 Å². The lowest BCUT2D eigenvalue weighted by atomic mass is 10.0. The van der Waals surface area contributed by atoms with Crippen LogP contribution in [0.25, 0.3) is 0 Å². The largest absolute Gasteiger partial charge is 0.396 e. The first kappa shape index (κ1) is 59.1. The van der Waals surface area contributed by atoms with E-state index in [-0.39, 0.29) is 84.2 Å². The Hall–Kier alpha value is -5.87. The van der Waals surface area contributed by atoms with Gasteiger partial charge in [-0.1, -0.05) is 16.7 Å². The summed E-state index contributed by atoms with van der Waals surface area (Å²) in [6.45, 7) is -0.261. The van der Waals surface area contributed by atoms with Gasteiger partial charge in [-0.05, 0) is 78.6 Å². The molecule has 0 aromatic rings. The topological polar surface area (TPSA) is 397 Å². The molecular formula is C41H67N9O17. The zero-order valence-corrected chi connectivity index (χ0v) is 37.9. The van der Waals surface area contributed by atoms with Gasteiger partial charge in [0.15, 0.2) is 0 Å². The molecule has 67 heavy (non-hydrogen) atoms. The van der Waals surface area contributed by atoms with Gasteiger partial charge >= 0.3 is 0 Å². The zero-order chi connectivity index (χ0) is 50.6. The molecule has 14 N–H and O–H groups in total. The molecule has 1 fully saturated rings. The molecule has 0 aromatic heterocycles. The maximum Gasteiger partial charge on any atom is 0.269 e. The van der Waals surface area contributed by atoms with E-state index in [2.05, 4.69) is 31.9 Å². The zero-order valence-electron chi connectivity index (χ0n) is 37.9. The Morgan fingerprint density at radius 2 is 0.761 bits per heavy atom. The predicted octanol–water partition coefficient (Wildman–Crippen LogP) is -4.50. The van der Waals surface area contributed by atoms with Gasteiger partial charge in [-0.3, -0.25) is 58.8 Å². The third-order valence-corrected chi connectivity index (χ3v) is 9.95. The number of carbonyl (C=O) groups is 9. The van der Waals surface area contributed by atoms with Crippen molar-refractivity contribution in [3.8, 4) is 0 Å². The van der Waals surface area contributed by atoms with Crippen LogP contribution in [-0.2, 0) is 43.2 Å². The van der Waals surface area contributed by atoms with Crippen molar-refractivity contribution in [1.82, 2.24) is 47.1 Å². The number of carbonyl (C=O) groups excluding carboxylic acids is 9. The molecule has 0 spiro atoms.